The number of imidazole rings is 1. The Labute approximate surface area is 138 Å². The van der Waals surface area contributed by atoms with Gasteiger partial charge < -0.3 is 9.88 Å². The van der Waals surface area contributed by atoms with Crippen LogP contribution in [0.4, 0.5) is 0 Å². The molecule has 3 aromatic rings. The van der Waals surface area contributed by atoms with Crippen LogP contribution in [0.2, 0.25) is 0 Å². The number of nitrogens with zero attached hydrogens (tertiary/aromatic N) is 3. The van der Waals surface area contributed by atoms with E-state index in [2.05, 4.69) is 16.5 Å². The second kappa shape index (κ2) is 5.36. The molecule has 1 N–H and O–H groups in total. The van der Waals surface area contributed by atoms with E-state index in [1.807, 2.05) is 42.5 Å². The second-order valence-corrected chi connectivity index (χ2v) is 5.84. The number of carbonyl (C=O) groups is 1. The maximum absolute atomic E-state index is 12.6. The van der Waals surface area contributed by atoms with Crippen LogP contribution in [0.15, 0.2) is 54.9 Å². The number of carbonyl (C=O) groups excluding carboxylic acids is 1. The quantitative estimate of drug-likeness (QED) is 0.754. The van der Waals surface area contributed by atoms with Crippen molar-refractivity contribution in [2.24, 2.45) is 0 Å². The summed E-state index contributed by atoms with van der Waals surface area (Å²) >= 11 is 0. The van der Waals surface area contributed by atoms with Crippen LogP contribution in [0, 0.1) is 11.3 Å². The Kier molecular flexibility index (Phi) is 3.17. The topological polar surface area (TPSA) is 72.8 Å². The van der Waals surface area contributed by atoms with Gasteiger partial charge in [0, 0.05) is 17.7 Å². The van der Waals surface area contributed by atoms with Gasteiger partial charge in [0.05, 0.1) is 30.0 Å². The average Bonchev–Trinajstić information content (AvgIpc) is 3.19. The highest BCUT2D eigenvalue weighted by molar-refractivity contribution is 6.01. The highest BCUT2D eigenvalue weighted by Crippen LogP contribution is 2.33. The first-order valence-electron chi connectivity index (χ1n) is 7.60. The number of amides is 1. The Balaban J connectivity index is 1.77. The second-order valence-electron chi connectivity index (χ2n) is 5.84. The van der Waals surface area contributed by atoms with Crippen LogP contribution in [0.25, 0.3) is 22.2 Å². The number of aromatic nitrogens is 2. The summed E-state index contributed by atoms with van der Waals surface area (Å²) in [4.78, 5) is 21.6. The average molecular weight is 314 g/mol. The minimum atomic E-state index is -0.0501. The van der Waals surface area contributed by atoms with E-state index in [9.17, 15) is 4.79 Å². The molecule has 1 aromatic heterocycles. The molecule has 0 bridgehead atoms. The van der Waals surface area contributed by atoms with E-state index in [1.54, 1.807) is 11.2 Å². The molecule has 1 amide bonds. The van der Waals surface area contributed by atoms with Gasteiger partial charge in [-0.3, -0.25) is 4.79 Å². The van der Waals surface area contributed by atoms with Crippen LogP contribution in [0.1, 0.15) is 15.9 Å². The number of nitriles is 1. The van der Waals surface area contributed by atoms with Crippen molar-refractivity contribution in [3.8, 4) is 17.2 Å². The molecule has 24 heavy (non-hydrogen) atoms. The third-order valence-electron chi connectivity index (χ3n) is 4.31. The molecule has 0 saturated carbocycles. The first-order valence-corrected chi connectivity index (χ1v) is 7.60. The Morgan fingerprint density at radius 3 is 3.00 bits per heavy atom. The summed E-state index contributed by atoms with van der Waals surface area (Å²) in [6.45, 7) is 4.44. The lowest BCUT2D eigenvalue weighted by molar-refractivity contribution is 0.0794. The predicted molar refractivity (Wildman–Crippen MR) is 91.0 cm³/mol. The summed E-state index contributed by atoms with van der Waals surface area (Å²) in [5, 5.41) is 8.91. The smallest absolute Gasteiger partial charge is 0.254 e. The number of benzene rings is 2. The molecule has 0 fully saturated rings. The normalized spacial score (nSPS) is 13.1. The van der Waals surface area contributed by atoms with E-state index in [-0.39, 0.29) is 12.5 Å². The van der Waals surface area contributed by atoms with E-state index in [1.165, 1.54) is 0 Å². The number of hydrogen-bond acceptors (Lipinski definition) is 3. The minimum Gasteiger partial charge on any atom is -0.345 e. The number of rotatable bonds is 3. The van der Waals surface area contributed by atoms with Crippen LogP contribution < -0.4 is 0 Å². The highest BCUT2D eigenvalue weighted by atomic mass is 16.2. The maximum Gasteiger partial charge on any atom is 0.254 e. The van der Waals surface area contributed by atoms with Crippen LogP contribution in [-0.2, 0) is 6.54 Å². The molecule has 116 valence electrons. The van der Waals surface area contributed by atoms with Crippen LogP contribution >= 0.6 is 0 Å². The van der Waals surface area contributed by atoms with E-state index in [0.717, 1.165) is 27.7 Å². The zero-order valence-corrected chi connectivity index (χ0v) is 12.9. The minimum absolute atomic E-state index is 0.0501. The van der Waals surface area contributed by atoms with Crippen molar-refractivity contribution >= 4 is 16.9 Å². The number of fused-ring (bicyclic) bond motifs is 2. The fourth-order valence-electron chi connectivity index (χ4n) is 3.16. The molecular weight excluding hydrogens is 300 g/mol. The summed E-state index contributed by atoms with van der Waals surface area (Å²) < 4.78 is 0. The molecule has 0 aliphatic carbocycles. The molecule has 0 radical (unpaired) electrons. The maximum atomic E-state index is 12.6. The number of aromatic amines is 1. The lowest BCUT2D eigenvalue weighted by atomic mass is 9.97. The van der Waals surface area contributed by atoms with Gasteiger partial charge >= 0.3 is 0 Å². The molecule has 5 heteroatoms. The predicted octanol–water partition coefficient (Wildman–Crippen LogP) is 3.27. The van der Waals surface area contributed by atoms with Crippen LogP contribution in [0.5, 0.6) is 0 Å². The summed E-state index contributed by atoms with van der Waals surface area (Å²) in [6.07, 6.45) is 1.67. The van der Waals surface area contributed by atoms with Crippen molar-refractivity contribution < 1.29 is 4.79 Å². The molecular formula is C19H14N4O. The van der Waals surface area contributed by atoms with E-state index in [4.69, 9.17) is 5.26 Å². The fraction of sp³-hybridized carbons (Fsp3) is 0.105. The highest BCUT2D eigenvalue weighted by Gasteiger charge is 2.29. The fourth-order valence-corrected chi connectivity index (χ4v) is 3.16. The van der Waals surface area contributed by atoms with Crippen molar-refractivity contribution in [3.05, 3.63) is 66.0 Å². The monoisotopic (exact) mass is 314 g/mol. The van der Waals surface area contributed by atoms with Crippen molar-refractivity contribution in [3.63, 3.8) is 0 Å². The van der Waals surface area contributed by atoms with Crippen LogP contribution in [0.3, 0.4) is 0 Å². The standard InChI is InChI=1S/C19H14N4O/c1-12(8-20)9-23-10-16-14(3-2-4-15(16)19(23)24)13-5-6-17-18(7-13)22-11-21-17/h2-7,11H,1,9-10H2,(H,21,22). The third kappa shape index (κ3) is 2.17. The summed E-state index contributed by atoms with van der Waals surface area (Å²) in [5.41, 5.74) is 6.02. The van der Waals surface area contributed by atoms with Gasteiger partial charge in [-0.2, -0.15) is 5.26 Å². The molecule has 0 unspecified atom stereocenters. The Morgan fingerprint density at radius 2 is 2.17 bits per heavy atom. The largest absolute Gasteiger partial charge is 0.345 e. The number of nitrogens with one attached hydrogen (secondary N) is 1. The van der Waals surface area contributed by atoms with Gasteiger partial charge in [-0.25, -0.2) is 4.98 Å². The summed E-state index contributed by atoms with van der Waals surface area (Å²) in [6, 6.07) is 13.8. The van der Waals surface area contributed by atoms with Gasteiger partial charge in [0.1, 0.15) is 0 Å². The van der Waals surface area contributed by atoms with Crippen LogP contribution in [-0.4, -0.2) is 27.3 Å². The molecule has 0 atom stereocenters. The van der Waals surface area contributed by atoms with Crippen molar-refractivity contribution in [1.29, 1.82) is 5.26 Å². The number of H-pyrrole nitrogens is 1. The van der Waals surface area contributed by atoms with Crippen molar-refractivity contribution in [1.82, 2.24) is 14.9 Å². The SMILES string of the molecule is C=C(C#N)CN1Cc2c(cccc2-c2ccc3nc[nH]c3c2)C1=O. The molecule has 5 nitrogen and oxygen atoms in total. The Hall–Kier alpha value is -3.39. The van der Waals surface area contributed by atoms with Gasteiger partial charge in [-0.05, 0) is 34.9 Å². The van der Waals surface area contributed by atoms with E-state index < -0.39 is 0 Å². The Morgan fingerprint density at radius 1 is 1.33 bits per heavy atom. The van der Waals surface area contributed by atoms with Crippen molar-refractivity contribution in [2.75, 3.05) is 6.54 Å². The first-order chi connectivity index (χ1) is 11.7. The van der Waals surface area contributed by atoms with Gasteiger partial charge in [-0.15, -0.1) is 0 Å². The molecule has 1 aliphatic heterocycles. The zero-order chi connectivity index (χ0) is 16.7. The lowest BCUT2D eigenvalue weighted by Crippen LogP contribution is -2.25. The molecule has 2 heterocycles. The first kappa shape index (κ1) is 14.2. The Bertz CT molecular complexity index is 1030. The third-order valence-corrected chi connectivity index (χ3v) is 4.31. The van der Waals surface area contributed by atoms with E-state index >= 15 is 0 Å². The number of hydrogen-bond donors (Lipinski definition) is 1. The van der Waals surface area contributed by atoms with E-state index in [0.29, 0.717) is 17.7 Å². The zero-order valence-electron chi connectivity index (χ0n) is 12.9. The summed E-state index contributed by atoms with van der Waals surface area (Å²) in [7, 11) is 0. The van der Waals surface area contributed by atoms with Gasteiger partial charge in [-0.1, -0.05) is 24.8 Å². The summed E-state index contributed by atoms with van der Waals surface area (Å²) in [5.74, 6) is -0.0501. The van der Waals surface area contributed by atoms with Gasteiger partial charge in [0.15, 0.2) is 0 Å². The molecule has 4 rings (SSSR count). The molecule has 1 aliphatic rings. The molecule has 0 saturated heterocycles. The molecule has 0 spiro atoms. The molecule has 2 aromatic carbocycles. The van der Waals surface area contributed by atoms with Gasteiger partial charge in [0.2, 0.25) is 0 Å². The lowest BCUT2D eigenvalue weighted by Gasteiger charge is -2.14. The van der Waals surface area contributed by atoms with Crippen molar-refractivity contribution in [2.45, 2.75) is 6.54 Å². The van der Waals surface area contributed by atoms with Gasteiger partial charge in [0.25, 0.3) is 5.91 Å².